The molecule has 0 spiro atoms. The summed E-state index contributed by atoms with van der Waals surface area (Å²) in [6.45, 7) is 3.75. The van der Waals surface area contributed by atoms with Crippen LogP contribution in [0.5, 0.6) is 6.01 Å². The molecule has 0 saturated carbocycles. The van der Waals surface area contributed by atoms with Gasteiger partial charge in [-0.1, -0.05) is 12.1 Å². The Balaban J connectivity index is 1.94. The van der Waals surface area contributed by atoms with Crippen LogP contribution >= 0.6 is 0 Å². The van der Waals surface area contributed by atoms with Crippen molar-refractivity contribution < 1.29 is 17.9 Å². The molecular weight excluding hydrogens is 368 g/mol. The van der Waals surface area contributed by atoms with Gasteiger partial charge >= 0.3 is 6.01 Å². The van der Waals surface area contributed by atoms with Gasteiger partial charge in [0.15, 0.2) is 9.84 Å². The number of nitrogens with two attached hydrogens (primary N) is 1. The molecule has 0 saturated heterocycles. The predicted molar refractivity (Wildman–Crippen MR) is 103 cm³/mol. The molecule has 9 heteroatoms. The van der Waals surface area contributed by atoms with Crippen molar-refractivity contribution in [2.75, 3.05) is 30.5 Å². The molecule has 0 bridgehead atoms. The van der Waals surface area contributed by atoms with E-state index in [0.717, 1.165) is 0 Å². The fourth-order valence-corrected chi connectivity index (χ4v) is 3.53. The minimum absolute atomic E-state index is 0.0846. The number of ether oxygens (including phenoxy) is 1. The molecule has 1 amide bonds. The minimum Gasteiger partial charge on any atom is -0.467 e. The van der Waals surface area contributed by atoms with Crippen LogP contribution in [-0.2, 0) is 21.0 Å². The van der Waals surface area contributed by atoms with Crippen LogP contribution in [0.1, 0.15) is 35.5 Å². The minimum atomic E-state index is -3.28. The summed E-state index contributed by atoms with van der Waals surface area (Å²) in [7, 11) is -1.84. The van der Waals surface area contributed by atoms with Crippen LogP contribution in [0.3, 0.4) is 0 Å². The van der Waals surface area contributed by atoms with Gasteiger partial charge in [-0.05, 0) is 31.5 Å². The smallest absolute Gasteiger partial charge is 0.318 e. The van der Waals surface area contributed by atoms with Crippen LogP contribution in [0, 0.1) is 0 Å². The molecule has 1 aliphatic heterocycles. The summed E-state index contributed by atoms with van der Waals surface area (Å²) in [5.41, 5.74) is 8.10. The summed E-state index contributed by atoms with van der Waals surface area (Å²) in [5.74, 6) is -0.201. The summed E-state index contributed by atoms with van der Waals surface area (Å²) >= 11 is 0. The first kappa shape index (κ1) is 19.1. The Morgan fingerprint density at radius 1 is 1.19 bits per heavy atom. The molecule has 2 aromatic rings. The average Bonchev–Trinajstić information content (AvgIpc) is 2.60. The van der Waals surface area contributed by atoms with Gasteiger partial charge in [0, 0.05) is 24.9 Å². The molecule has 1 aromatic heterocycles. The van der Waals surface area contributed by atoms with Crippen molar-refractivity contribution in [3.63, 3.8) is 0 Å². The van der Waals surface area contributed by atoms with E-state index in [0.29, 0.717) is 29.9 Å². The van der Waals surface area contributed by atoms with Gasteiger partial charge in [-0.3, -0.25) is 4.79 Å². The number of nitrogens with zero attached hydrogens (tertiary/aromatic N) is 3. The number of amides is 1. The zero-order valence-corrected chi connectivity index (χ0v) is 16.5. The van der Waals surface area contributed by atoms with Gasteiger partial charge in [-0.15, -0.1) is 0 Å². The lowest BCUT2D eigenvalue weighted by Gasteiger charge is -2.29. The highest BCUT2D eigenvalue weighted by molar-refractivity contribution is 7.91. The second-order valence-electron chi connectivity index (χ2n) is 6.95. The average molecular weight is 390 g/mol. The van der Waals surface area contributed by atoms with Gasteiger partial charge < -0.3 is 15.4 Å². The Kier molecular flexibility index (Phi) is 4.59. The number of benzene rings is 1. The number of nitrogen functional groups attached to an aromatic ring is 1. The summed E-state index contributed by atoms with van der Waals surface area (Å²) in [4.78, 5) is 22.7. The second-order valence-corrected chi connectivity index (χ2v) is 9.52. The fraction of sp³-hybridized carbons (Fsp3) is 0.389. The van der Waals surface area contributed by atoms with Gasteiger partial charge in [0.05, 0.1) is 17.6 Å². The van der Waals surface area contributed by atoms with E-state index in [-0.39, 0.29) is 23.3 Å². The maximum atomic E-state index is 12.9. The lowest BCUT2D eigenvalue weighted by Crippen LogP contribution is -2.39. The number of anilines is 2. The zero-order chi connectivity index (χ0) is 20.0. The van der Waals surface area contributed by atoms with Crippen molar-refractivity contribution in [2.24, 2.45) is 0 Å². The number of methoxy groups -OCH3 is 1. The van der Waals surface area contributed by atoms with E-state index in [9.17, 15) is 13.2 Å². The van der Waals surface area contributed by atoms with Crippen molar-refractivity contribution >= 4 is 27.2 Å². The molecule has 2 N–H and O–H groups in total. The largest absolute Gasteiger partial charge is 0.467 e. The van der Waals surface area contributed by atoms with E-state index in [2.05, 4.69) is 9.97 Å². The van der Waals surface area contributed by atoms with Gasteiger partial charge in [0.1, 0.15) is 11.4 Å². The third-order valence-corrected chi connectivity index (χ3v) is 7.10. The second kappa shape index (κ2) is 6.49. The quantitative estimate of drug-likeness (QED) is 0.842. The number of hydrogen-bond donors (Lipinski definition) is 1. The van der Waals surface area contributed by atoms with E-state index in [1.165, 1.54) is 13.4 Å². The molecule has 1 aliphatic rings. The van der Waals surface area contributed by atoms with Crippen LogP contribution in [0.25, 0.3) is 0 Å². The maximum Gasteiger partial charge on any atom is 0.318 e. The van der Waals surface area contributed by atoms with Crippen LogP contribution in [-0.4, -0.2) is 44.2 Å². The predicted octanol–water partition coefficient (Wildman–Crippen LogP) is 1.55. The lowest BCUT2D eigenvalue weighted by atomic mass is 10.0. The molecule has 2 heterocycles. The summed E-state index contributed by atoms with van der Waals surface area (Å²) in [6, 6.07) is 7.08. The lowest BCUT2D eigenvalue weighted by molar-refractivity contribution is 0.0980. The Bertz CT molecular complexity index is 1000. The van der Waals surface area contributed by atoms with Crippen molar-refractivity contribution in [2.45, 2.75) is 25.0 Å². The molecule has 1 aromatic carbocycles. The van der Waals surface area contributed by atoms with Gasteiger partial charge in [-0.25, -0.2) is 8.42 Å². The number of aromatic nitrogens is 2. The van der Waals surface area contributed by atoms with E-state index in [4.69, 9.17) is 10.5 Å². The molecule has 144 valence electrons. The summed E-state index contributed by atoms with van der Waals surface area (Å²) in [6.07, 6.45) is 1.73. The van der Waals surface area contributed by atoms with Crippen molar-refractivity contribution in [3.8, 4) is 6.01 Å². The van der Waals surface area contributed by atoms with Crippen LogP contribution in [0.4, 0.5) is 11.5 Å². The molecule has 0 aliphatic carbocycles. The standard InChI is InChI=1S/C18H22N4O4S/c1-18(2,27(4,24)25)11-5-7-12(8-6-11)22-10-9-13-14(16(22)23)15(19)21-17(20-13)26-3/h5-8H,9-10H2,1-4H3,(H2,19,20,21). The first-order chi connectivity index (χ1) is 12.6. The molecule has 0 atom stereocenters. The van der Waals surface area contributed by atoms with Crippen molar-refractivity contribution in [1.82, 2.24) is 9.97 Å². The fourth-order valence-electron chi connectivity index (χ4n) is 2.97. The van der Waals surface area contributed by atoms with E-state index >= 15 is 0 Å². The number of carbonyl (C=O) groups excluding carboxylic acids is 1. The van der Waals surface area contributed by atoms with Gasteiger partial charge in [0.25, 0.3) is 5.91 Å². The van der Waals surface area contributed by atoms with Crippen molar-refractivity contribution in [3.05, 3.63) is 41.1 Å². The Morgan fingerprint density at radius 2 is 1.81 bits per heavy atom. The number of rotatable bonds is 4. The van der Waals surface area contributed by atoms with Crippen LogP contribution in [0.15, 0.2) is 24.3 Å². The first-order valence-corrected chi connectivity index (χ1v) is 10.3. The highest BCUT2D eigenvalue weighted by atomic mass is 32.2. The van der Waals surface area contributed by atoms with E-state index in [1.54, 1.807) is 43.0 Å². The molecule has 3 rings (SSSR count). The Hall–Kier alpha value is -2.68. The zero-order valence-electron chi connectivity index (χ0n) is 15.7. The molecule has 27 heavy (non-hydrogen) atoms. The highest BCUT2D eigenvalue weighted by Gasteiger charge is 2.33. The van der Waals surface area contributed by atoms with Gasteiger partial charge in [-0.2, -0.15) is 9.97 Å². The summed E-state index contributed by atoms with van der Waals surface area (Å²) in [5, 5.41) is 0. The normalized spacial score (nSPS) is 14.8. The monoisotopic (exact) mass is 390 g/mol. The topological polar surface area (TPSA) is 115 Å². The van der Waals surface area contributed by atoms with Crippen molar-refractivity contribution in [1.29, 1.82) is 0 Å². The Morgan fingerprint density at radius 3 is 2.37 bits per heavy atom. The molecule has 0 fully saturated rings. The number of hydrogen-bond acceptors (Lipinski definition) is 7. The van der Waals surface area contributed by atoms with E-state index < -0.39 is 14.6 Å². The number of fused-ring (bicyclic) bond motifs is 1. The summed E-state index contributed by atoms with van der Waals surface area (Å²) < 4.78 is 28.0. The third kappa shape index (κ3) is 3.23. The van der Waals surface area contributed by atoms with E-state index in [1.807, 2.05) is 0 Å². The number of carbonyl (C=O) groups is 1. The molecule has 0 unspecified atom stereocenters. The maximum absolute atomic E-state index is 12.9. The number of sulfone groups is 1. The highest BCUT2D eigenvalue weighted by Crippen LogP contribution is 2.32. The third-order valence-electron chi connectivity index (χ3n) is 5.01. The molecule has 8 nitrogen and oxygen atoms in total. The molecular formula is C18H22N4O4S. The van der Waals surface area contributed by atoms with Crippen LogP contribution in [0.2, 0.25) is 0 Å². The Labute approximate surface area is 158 Å². The van der Waals surface area contributed by atoms with Crippen LogP contribution < -0.4 is 15.4 Å². The SMILES string of the molecule is COc1nc(N)c2c(n1)CCN(c1ccc(C(C)(C)S(C)(=O)=O)cc1)C2=O. The van der Waals surface area contributed by atoms with Gasteiger partial charge in [0.2, 0.25) is 0 Å². The molecule has 0 radical (unpaired) electrons. The first-order valence-electron chi connectivity index (χ1n) is 8.38.